The SMILES string of the molecule is Cc1ccc([C@H](C)CC(=O)Cn2nnc3c(F)cc(C)cc3c2=O)cc1. The van der Waals surface area contributed by atoms with Crippen LogP contribution in [-0.4, -0.2) is 20.8 Å². The Bertz CT molecular complexity index is 1030. The second-order valence-corrected chi connectivity index (χ2v) is 6.75. The molecule has 0 unspecified atom stereocenters. The van der Waals surface area contributed by atoms with Crippen LogP contribution in [0.15, 0.2) is 41.2 Å². The largest absolute Gasteiger partial charge is 0.298 e. The molecule has 0 radical (unpaired) electrons. The minimum Gasteiger partial charge on any atom is -0.298 e. The van der Waals surface area contributed by atoms with Crippen LogP contribution in [0.1, 0.15) is 36.0 Å². The molecule has 0 amide bonds. The molecule has 0 N–H and O–H groups in total. The Morgan fingerprint density at radius 3 is 2.54 bits per heavy atom. The van der Waals surface area contributed by atoms with Crippen LogP contribution in [0.2, 0.25) is 0 Å². The Kier molecular flexibility index (Phi) is 4.93. The smallest absolute Gasteiger partial charge is 0.278 e. The van der Waals surface area contributed by atoms with Gasteiger partial charge in [0.25, 0.3) is 5.56 Å². The van der Waals surface area contributed by atoms with Crippen LogP contribution in [0.5, 0.6) is 0 Å². The highest BCUT2D eigenvalue weighted by Crippen LogP contribution is 2.20. The minimum absolute atomic E-state index is 0.0342. The van der Waals surface area contributed by atoms with E-state index in [1.807, 2.05) is 38.1 Å². The van der Waals surface area contributed by atoms with Gasteiger partial charge in [-0.3, -0.25) is 9.59 Å². The normalized spacial score (nSPS) is 12.3. The van der Waals surface area contributed by atoms with Crippen molar-refractivity contribution in [1.29, 1.82) is 0 Å². The molecule has 134 valence electrons. The predicted molar refractivity (Wildman–Crippen MR) is 97.7 cm³/mol. The molecule has 1 heterocycles. The number of hydrogen-bond donors (Lipinski definition) is 0. The van der Waals surface area contributed by atoms with E-state index in [4.69, 9.17) is 0 Å². The summed E-state index contributed by atoms with van der Waals surface area (Å²) >= 11 is 0. The van der Waals surface area contributed by atoms with Crippen LogP contribution >= 0.6 is 0 Å². The fourth-order valence-electron chi connectivity index (χ4n) is 2.97. The van der Waals surface area contributed by atoms with Crippen molar-refractivity contribution in [2.75, 3.05) is 0 Å². The van der Waals surface area contributed by atoms with Crippen LogP contribution in [0, 0.1) is 19.7 Å². The van der Waals surface area contributed by atoms with Gasteiger partial charge >= 0.3 is 0 Å². The number of aryl methyl sites for hydroxylation is 2. The number of nitrogens with zero attached hydrogens (tertiary/aromatic N) is 3. The van der Waals surface area contributed by atoms with Crippen molar-refractivity contribution < 1.29 is 9.18 Å². The highest BCUT2D eigenvalue weighted by Gasteiger charge is 2.15. The number of fused-ring (bicyclic) bond motifs is 1. The topological polar surface area (TPSA) is 64.8 Å². The summed E-state index contributed by atoms with van der Waals surface area (Å²) in [7, 11) is 0. The van der Waals surface area contributed by atoms with E-state index in [-0.39, 0.29) is 35.6 Å². The summed E-state index contributed by atoms with van der Waals surface area (Å²) < 4.78 is 14.9. The number of Topliss-reactive ketones (excluding diaryl/α,β-unsaturated/α-hetero) is 1. The molecule has 6 heteroatoms. The molecule has 3 aromatic rings. The number of carbonyl (C=O) groups is 1. The second-order valence-electron chi connectivity index (χ2n) is 6.75. The Balaban J connectivity index is 1.80. The average molecular weight is 353 g/mol. The minimum atomic E-state index is -0.587. The Morgan fingerprint density at radius 1 is 1.15 bits per heavy atom. The van der Waals surface area contributed by atoms with Gasteiger partial charge in [-0.1, -0.05) is 42.0 Å². The number of halogens is 1. The van der Waals surface area contributed by atoms with Gasteiger partial charge in [0.15, 0.2) is 11.6 Å². The Hall–Kier alpha value is -2.89. The van der Waals surface area contributed by atoms with E-state index in [2.05, 4.69) is 10.3 Å². The third-order valence-electron chi connectivity index (χ3n) is 4.43. The first-order chi connectivity index (χ1) is 12.3. The van der Waals surface area contributed by atoms with Gasteiger partial charge in [0, 0.05) is 6.42 Å². The lowest BCUT2D eigenvalue weighted by Crippen LogP contribution is -2.28. The molecule has 3 rings (SSSR count). The summed E-state index contributed by atoms with van der Waals surface area (Å²) in [6.07, 6.45) is 0.289. The lowest BCUT2D eigenvalue weighted by atomic mass is 9.95. The molecule has 1 aromatic heterocycles. The van der Waals surface area contributed by atoms with Gasteiger partial charge < -0.3 is 0 Å². The van der Waals surface area contributed by atoms with E-state index in [1.165, 1.54) is 6.07 Å². The molecular formula is C20H20FN3O2. The summed E-state index contributed by atoms with van der Waals surface area (Å²) in [4.78, 5) is 24.9. The van der Waals surface area contributed by atoms with Crippen molar-refractivity contribution in [3.8, 4) is 0 Å². The maximum atomic E-state index is 13.9. The molecule has 0 saturated carbocycles. The van der Waals surface area contributed by atoms with Gasteiger partial charge in [0.2, 0.25) is 0 Å². The van der Waals surface area contributed by atoms with Crippen molar-refractivity contribution in [3.63, 3.8) is 0 Å². The van der Waals surface area contributed by atoms with Gasteiger partial charge in [0.1, 0.15) is 12.1 Å². The molecule has 0 saturated heterocycles. The molecule has 0 fully saturated rings. The van der Waals surface area contributed by atoms with Crippen LogP contribution in [0.25, 0.3) is 10.9 Å². The highest BCUT2D eigenvalue weighted by atomic mass is 19.1. The van der Waals surface area contributed by atoms with Crippen molar-refractivity contribution in [2.24, 2.45) is 0 Å². The Morgan fingerprint density at radius 2 is 1.85 bits per heavy atom. The second kappa shape index (κ2) is 7.15. The number of benzene rings is 2. The molecular weight excluding hydrogens is 333 g/mol. The van der Waals surface area contributed by atoms with Gasteiger partial charge in [0.05, 0.1) is 5.39 Å². The molecule has 26 heavy (non-hydrogen) atoms. The third kappa shape index (κ3) is 3.69. The highest BCUT2D eigenvalue weighted by molar-refractivity contribution is 5.80. The zero-order valence-corrected chi connectivity index (χ0v) is 15.0. The predicted octanol–water partition coefficient (Wildman–Crippen LogP) is 3.31. The number of aromatic nitrogens is 3. The van der Waals surface area contributed by atoms with Crippen molar-refractivity contribution in [3.05, 3.63) is 69.3 Å². The summed E-state index contributed by atoms with van der Waals surface area (Å²) in [5.74, 6) is -0.676. The maximum Gasteiger partial charge on any atom is 0.278 e. The maximum absolute atomic E-state index is 13.9. The standard InChI is InChI=1S/C20H20FN3O2/c1-12-4-6-15(7-5-12)14(3)10-16(25)11-24-20(26)17-8-13(2)9-18(21)19(17)22-23-24/h4-9,14H,10-11H2,1-3H3/t14-/m1/s1. The third-order valence-corrected chi connectivity index (χ3v) is 4.43. The van der Waals surface area contributed by atoms with E-state index in [9.17, 15) is 14.0 Å². The van der Waals surface area contributed by atoms with E-state index in [1.54, 1.807) is 13.0 Å². The van der Waals surface area contributed by atoms with Gasteiger partial charge in [-0.2, -0.15) is 0 Å². The summed E-state index contributed by atoms with van der Waals surface area (Å²) in [6.45, 7) is 5.50. The van der Waals surface area contributed by atoms with E-state index in [0.717, 1.165) is 15.8 Å². The fourth-order valence-corrected chi connectivity index (χ4v) is 2.97. The number of carbonyl (C=O) groups excluding carboxylic acids is 1. The quantitative estimate of drug-likeness (QED) is 0.706. The van der Waals surface area contributed by atoms with Gasteiger partial charge in [-0.05, 0) is 43.0 Å². The first-order valence-electron chi connectivity index (χ1n) is 8.47. The number of hydrogen-bond acceptors (Lipinski definition) is 4. The number of ketones is 1. The molecule has 0 bridgehead atoms. The lowest BCUT2D eigenvalue weighted by molar-refractivity contribution is -0.120. The van der Waals surface area contributed by atoms with Gasteiger partial charge in [-0.25, -0.2) is 9.07 Å². The van der Waals surface area contributed by atoms with Crippen LogP contribution in [0.3, 0.4) is 0 Å². The number of rotatable bonds is 5. The van der Waals surface area contributed by atoms with Crippen LogP contribution in [0.4, 0.5) is 4.39 Å². The average Bonchev–Trinajstić information content (AvgIpc) is 2.58. The first kappa shape index (κ1) is 17.9. The molecule has 5 nitrogen and oxygen atoms in total. The molecule has 0 aliphatic rings. The summed E-state index contributed by atoms with van der Waals surface area (Å²) in [5, 5.41) is 7.63. The zero-order chi connectivity index (χ0) is 18.8. The molecule has 1 atom stereocenters. The van der Waals surface area contributed by atoms with E-state index < -0.39 is 11.4 Å². The van der Waals surface area contributed by atoms with E-state index >= 15 is 0 Å². The van der Waals surface area contributed by atoms with Crippen LogP contribution < -0.4 is 5.56 Å². The summed E-state index contributed by atoms with van der Waals surface area (Å²) in [5.41, 5.74) is 2.27. The zero-order valence-electron chi connectivity index (χ0n) is 15.0. The molecule has 0 spiro atoms. The first-order valence-corrected chi connectivity index (χ1v) is 8.47. The summed E-state index contributed by atoms with van der Waals surface area (Å²) in [6, 6.07) is 10.9. The lowest BCUT2D eigenvalue weighted by Gasteiger charge is -2.12. The van der Waals surface area contributed by atoms with Crippen molar-refractivity contribution in [2.45, 2.75) is 39.7 Å². The molecule has 0 aliphatic heterocycles. The van der Waals surface area contributed by atoms with Crippen LogP contribution in [-0.2, 0) is 11.3 Å². The van der Waals surface area contributed by atoms with Gasteiger partial charge in [-0.15, -0.1) is 5.10 Å². The molecule has 2 aromatic carbocycles. The fraction of sp³-hybridized carbons (Fsp3) is 0.300. The Labute approximate surface area is 150 Å². The van der Waals surface area contributed by atoms with Crippen molar-refractivity contribution in [1.82, 2.24) is 15.0 Å². The molecule has 0 aliphatic carbocycles. The van der Waals surface area contributed by atoms with Crippen molar-refractivity contribution >= 4 is 16.7 Å². The monoisotopic (exact) mass is 353 g/mol. The van der Waals surface area contributed by atoms with E-state index in [0.29, 0.717) is 5.56 Å².